The molecule has 0 fully saturated rings. The molecule has 3 heteroatoms. The van der Waals surface area contributed by atoms with E-state index in [0.717, 1.165) is 45.4 Å². The summed E-state index contributed by atoms with van der Waals surface area (Å²) >= 11 is 1.73. The first-order valence-corrected chi connectivity index (χ1v) is 11.4. The van der Waals surface area contributed by atoms with E-state index < -0.39 is 0 Å². The highest BCUT2D eigenvalue weighted by Gasteiger charge is 2.17. The molecule has 2 aromatic carbocycles. The molecule has 0 radical (unpaired) electrons. The van der Waals surface area contributed by atoms with Gasteiger partial charge in [0.25, 0.3) is 5.22 Å². The Morgan fingerprint density at radius 3 is 2.11 bits per heavy atom. The fraction of sp³-hybridized carbons (Fsp3) is 0.400. The molecule has 3 rings (SSSR count). The molecule has 0 saturated heterocycles. The van der Waals surface area contributed by atoms with Gasteiger partial charge in [0.2, 0.25) is 0 Å². The van der Waals surface area contributed by atoms with E-state index in [1.54, 1.807) is 11.8 Å². The lowest BCUT2D eigenvalue weighted by atomic mass is 9.92. The van der Waals surface area contributed by atoms with Crippen LogP contribution in [0.4, 0.5) is 0 Å². The summed E-state index contributed by atoms with van der Waals surface area (Å²) in [6.07, 6.45) is 5.13. The Bertz CT molecular complexity index is 769. The highest BCUT2D eigenvalue weighted by molar-refractivity contribution is 7.99. The highest BCUT2D eigenvalue weighted by Crippen LogP contribution is 2.35. The number of thioether (sulfide) groups is 1. The van der Waals surface area contributed by atoms with Gasteiger partial charge in [-0.15, -0.1) is 0 Å². The van der Waals surface area contributed by atoms with E-state index in [-0.39, 0.29) is 0 Å². The topological polar surface area (TPSA) is 26.0 Å². The molecule has 28 heavy (non-hydrogen) atoms. The van der Waals surface area contributed by atoms with E-state index in [4.69, 9.17) is 9.40 Å². The van der Waals surface area contributed by atoms with Crippen LogP contribution in [0, 0.1) is 11.8 Å². The van der Waals surface area contributed by atoms with Gasteiger partial charge >= 0.3 is 0 Å². The van der Waals surface area contributed by atoms with Crippen molar-refractivity contribution >= 4 is 11.8 Å². The summed E-state index contributed by atoms with van der Waals surface area (Å²) < 4.78 is 6.18. The number of hydrogen-bond acceptors (Lipinski definition) is 3. The van der Waals surface area contributed by atoms with Gasteiger partial charge in [0.05, 0.1) is 0 Å². The van der Waals surface area contributed by atoms with E-state index in [9.17, 15) is 0 Å². The first-order valence-electron chi connectivity index (χ1n) is 10.4. The minimum atomic E-state index is 0.772. The zero-order valence-electron chi connectivity index (χ0n) is 17.2. The molecule has 1 unspecified atom stereocenters. The Morgan fingerprint density at radius 2 is 1.46 bits per heavy atom. The van der Waals surface area contributed by atoms with Gasteiger partial charge in [-0.05, 0) is 18.3 Å². The summed E-state index contributed by atoms with van der Waals surface area (Å²) in [4.78, 5) is 4.82. The molecule has 0 bridgehead atoms. The van der Waals surface area contributed by atoms with Crippen LogP contribution in [0.3, 0.4) is 0 Å². The van der Waals surface area contributed by atoms with Crippen molar-refractivity contribution in [3.05, 3.63) is 60.7 Å². The molecule has 0 amide bonds. The Morgan fingerprint density at radius 1 is 0.821 bits per heavy atom. The molecule has 0 N–H and O–H groups in total. The Labute approximate surface area is 173 Å². The zero-order chi connectivity index (χ0) is 19.8. The number of unbranched alkanes of at least 4 members (excludes halogenated alkanes) is 2. The minimum Gasteiger partial charge on any atom is -0.431 e. The maximum Gasteiger partial charge on any atom is 0.256 e. The lowest BCUT2D eigenvalue weighted by Gasteiger charge is -2.14. The largest absolute Gasteiger partial charge is 0.431 e. The molecule has 1 heterocycles. The first-order chi connectivity index (χ1) is 13.6. The van der Waals surface area contributed by atoms with Crippen molar-refractivity contribution in [3.63, 3.8) is 0 Å². The van der Waals surface area contributed by atoms with Crippen molar-refractivity contribution in [3.8, 4) is 22.6 Å². The lowest BCUT2D eigenvalue weighted by molar-refractivity contribution is 0.377. The van der Waals surface area contributed by atoms with E-state index in [1.807, 2.05) is 36.4 Å². The minimum absolute atomic E-state index is 0.772. The molecule has 1 atom stereocenters. The van der Waals surface area contributed by atoms with Crippen LogP contribution >= 0.6 is 11.8 Å². The average Bonchev–Trinajstić information content (AvgIpc) is 3.16. The number of rotatable bonds is 10. The molecule has 1 aromatic heterocycles. The number of oxazole rings is 1. The summed E-state index contributed by atoms with van der Waals surface area (Å²) in [6.45, 7) is 7.00. The zero-order valence-corrected chi connectivity index (χ0v) is 18.0. The summed E-state index contributed by atoms with van der Waals surface area (Å²) in [5.74, 6) is 3.52. The van der Waals surface area contributed by atoms with Crippen molar-refractivity contribution in [2.45, 2.75) is 51.7 Å². The number of benzene rings is 2. The average molecular weight is 394 g/mol. The van der Waals surface area contributed by atoms with Crippen LogP contribution < -0.4 is 0 Å². The van der Waals surface area contributed by atoms with Crippen LogP contribution in [0.5, 0.6) is 0 Å². The van der Waals surface area contributed by atoms with Crippen molar-refractivity contribution < 1.29 is 4.42 Å². The van der Waals surface area contributed by atoms with Crippen LogP contribution in [-0.2, 0) is 0 Å². The fourth-order valence-corrected chi connectivity index (χ4v) is 4.00. The van der Waals surface area contributed by atoms with Gasteiger partial charge in [-0.2, -0.15) is 0 Å². The molecule has 148 valence electrons. The summed E-state index contributed by atoms with van der Waals surface area (Å²) in [5, 5.41) is 0.772. The van der Waals surface area contributed by atoms with Gasteiger partial charge in [-0.3, -0.25) is 0 Å². The van der Waals surface area contributed by atoms with Gasteiger partial charge in [0.15, 0.2) is 5.76 Å². The predicted molar refractivity (Wildman–Crippen MR) is 121 cm³/mol. The van der Waals surface area contributed by atoms with Crippen LogP contribution in [0.2, 0.25) is 0 Å². The van der Waals surface area contributed by atoms with Crippen molar-refractivity contribution in [1.29, 1.82) is 0 Å². The molecular formula is C25H31NOS. The molecule has 0 aliphatic heterocycles. The maximum atomic E-state index is 6.18. The third-order valence-corrected chi connectivity index (χ3v) is 6.27. The third kappa shape index (κ3) is 5.75. The second-order valence-corrected chi connectivity index (χ2v) is 8.85. The molecule has 0 spiro atoms. The molecule has 2 nitrogen and oxygen atoms in total. The molecular weight excluding hydrogens is 362 g/mol. The van der Waals surface area contributed by atoms with Crippen molar-refractivity contribution in [2.75, 3.05) is 5.75 Å². The molecule has 3 aromatic rings. The first kappa shape index (κ1) is 20.7. The Hall–Kier alpha value is -2.00. The summed E-state index contributed by atoms with van der Waals surface area (Å²) in [6, 6.07) is 20.6. The van der Waals surface area contributed by atoms with Gasteiger partial charge in [-0.1, -0.05) is 112 Å². The number of hydrogen-bond donors (Lipinski definition) is 0. The van der Waals surface area contributed by atoms with E-state index in [2.05, 4.69) is 45.0 Å². The molecule has 0 aliphatic carbocycles. The van der Waals surface area contributed by atoms with E-state index in [0.29, 0.717) is 0 Å². The molecule has 0 aliphatic rings. The summed E-state index contributed by atoms with van der Waals surface area (Å²) in [5.41, 5.74) is 3.10. The standard InChI is InChI=1S/C25H31NOS/c1-19(2)20(3)13-7-6-12-18-28-25-26-23(21-14-8-4-9-15-21)24(27-25)22-16-10-5-11-17-22/h4-5,8-11,14-17,19-20H,6-7,12-13,18H2,1-3H3. The highest BCUT2D eigenvalue weighted by atomic mass is 32.2. The smallest absolute Gasteiger partial charge is 0.256 e. The van der Waals surface area contributed by atoms with Gasteiger partial charge in [0.1, 0.15) is 5.69 Å². The number of aromatic nitrogens is 1. The van der Waals surface area contributed by atoms with Gasteiger partial charge in [0, 0.05) is 16.9 Å². The lowest BCUT2D eigenvalue weighted by Crippen LogP contribution is -2.03. The second kappa shape index (κ2) is 10.5. The maximum absolute atomic E-state index is 6.18. The number of nitrogens with zero attached hydrogens (tertiary/aromatic N) is 1. The van der Waals surface area contributed by atoms with Crippen LogP contribution in [0.15, 0.2) is 70.3 Å². The third-order valence-electron chi connectivity index (χ3n) is 5.36. The SMILES string of the molecule is CC(C)C(C)CCCCCSc1nc(-c2ccccc2)c(-c2ccccc2)o1. The quantitative estimate of drug-likeness (QED) is 0.258. The molecule has 0 saturated carbocycles. The Balaban J connectivity index is 1.62. The fourth-order valence-electron chi connectivity index (χ4n) is 3.18. The van der Waals surface area contributed by atoms with Gasteiger partial charge < -0.3 is 4.42 Å². The van der Waals surface area contributed by atoms with Crippen molar-refractivity contribution in [1.82, 2.24) is 4.98 Å². The van der Waals surface area contributed by atoms with Crippen LogP contribution in [0.25, 0.3) is 22.6 Å². The normalized spacial score (nSPS) is 12.4. The van der Waals surface area contributed by atoms with E-state index >= 15 is 0 Å². The monoisotopic (exact) mass is 393 g/mol. The predicted octanol–water partition coefficient (Wildman–Crippen LogP) is 7.95. The second-order valence-electron chi connectivity index (χ2n) is 7.81. The Kier molecular flexibility index (Phi) is 7.79. The summed E-state index contributed by atoms with van der Waals surface area (Å²) in [7, 11) is 0. The van der Waals surface area contributed by atoms with Crippen LogP contribution in [0.1, 0.15) is 46.5 Å². The van der Waals surface area contributed by atoms with Crippen LogP contribution in [-0.4, -0.2) is 10.7 Å². The van der Waals surface area contributed by atoms with Crippen molar-refractivity contribution in [2.24, 2.45) is 11.8 Å². The van der Waals surface area contributed by atoms with Gasteiger partial charge in [-0.25, -0.2) is 4.98 Å². The van der Waals surface area contributed by atoms with E-state index in [1.165, 1.54) is 25.7 Å².